The molecule has 11 nitrogen and oxygen atoms in total. The van der Waals surface area contributed by atoms with E-state index in [2.05, 4.69) is 15.3 Å². The van der Waals surface area contributed by atoms with Crippen LogP contribution in [0.3, 0.4) is 0 Å². The van der Waals surface area contributed by atoms with Crippen molar-refractivity contribution in [1.29, 1.82) is 0 Å². The van der Waals surface area contributed by atoms with Gasteiger partial charge in [0.1, 0.15) is 5.78 Å². The van der Waals surface area contributed by atoms with Crippen LogP contribution in [0.4, 0.5) is 5.69 Å². The molecule has 25 heavy (non-hydrogen) atoms. The molecule has 1 heterocycles. The fraction of sp³-hybridized carbons (Fsp3) is 0.385. The van der Waals surface area contributed by atoms with E-state index in [1.54, 1.807) is 6.92 Å². The van der Waals surface area contributed by atoms with Gasteiger partial charge in [0, 0.05) is 12.1 Å². The summed E-state index contributed by atoms with van der Waals surface area (Å²) in [6.07, 6.45) is 0.0263. The Balaban J connectivity index is 2.50. The maximum Gasteiger partial charge on any atom is 0.342 e. The first-order chi connectivity index (χ1) is 11.6. The monoisotopic (exact) mass is 372 g/mol. The van der Waals surface area contributed by atoms with E-state index in [0.29, 0.717) is 12.1 Å². The number of aromatic nitrogens is 2. The summed E-state index contributed by atoms with van der Waals surface area (Å²) in [4.78, 5) is 56.7. The van der Waals surface area contributed by atoms with Crippen LogP contribution in [0, 0.1) is 10.1 Å². The summed E-state index contributed by atoms with van der Waals surface area (Å²) in [5.74, 6) is -1.12. The number of hydrogen-bond donors (Lipinski definition) is 5. The molecule has 1 aromatic carbocycles. The van der Waals surface area contributed by atoms with E-state index in [1.807, 2.05) is 0 Å². The average molecular weight is 372 g/mol. The van der Waals surface area contributed by atoms with E-state index < -0.39 is 29.4 Å². The van der Waals surface area contributed by atoms with Crippen LogP contribution in [0.5, 0.6) is 0 Å². The standard InChI is InChI=1S/C13H17N4O7P/c1-2-14-10(25(22,23)24)4-3-7-5-8(17(20)21)6-9-11(7)16-13(19)12(18)15-9/h5-6,10,14H,2-4H2,1H3,(H,15,18)(H,16,19)(H2,22,23,24). The molecule has 5 N–H and O–H groups in total. The van der Waals surface area contributed by atoms with Gasteiger partial charge < -0.3 is 25.1 Å². The van der Waals surface area contributed by atoms with Crippen molar-refractivity contribution in [2.45, 2.75) is 25.5 Å². The van der Waals surface area contributed by atoms with Gasteiger partial charge in [-0.25, -0.2) is 0 Å². The molecule has 0 fully saturated rings. The Morgan fingerprint density at radius 1 is 1.28 bits per heavy atom. The molecule has 0 aliphatic carbocycles. The highest BCUT2D eigenvalue weighted by molar-refractivity contribution is 7.52. The smallest absolute Gasteiger partial charge is 0.323 e. The minimum atomic E-state index is -4.41. The fourth-order valence-electron chi connectivity index (χ4n) is 2.50. The predicted octanol–water partition coefficient (Wildman–Crippen LogP) is 0.170. The Labute approximate surface area is 140 Å². The number of rotatable bonds is 7. The van der Waals surface area contributed by atoms with Crippen LogP contribution in [-0.2, 0) is 11.0 Å². The van der Waals surface area contributed by atoms with E-state index in [9.17, 15) is 34.1 Å². The van der Waals surface area contributed by atoms with Crippen molar-refractivity contribution in [2.24, 2.45) is 0 Å². The third kappa shape index (κ3) is 4.40. The number of H-pyrrole nitrogens is 2. The number of nitro benzene ring substituents is 1. The van der Waals surface area contributed by atoms with Crippen LogP contribution < -0.4 is 16.4 Å². The van der Waals surface area contributed by atoms with E-state index in [0.717, 1.165) is 6.07 Å². The third-order valence-corrected chi connectivity index (χ3v) is 4.89. The van der Waals surface area contributed by atoms with Gasteiger partial charge in [0.25, 0.3) is 5.69 Å². The number of nitrogens with one attached hydrogen (secondary N) is 3. The van der Waals surface area contributed by atoms with Crippen molar-refractivity contribution in [2.75, 3.05) is 6.54 Å². The summed E-state index contributed by atoms with van der Waals surface area (Å²) < 4.78 is 11.5. The van der Waals surface area contributed by atoms with Crippen molar-refractivity contribution in [1.82, 2.24) is 15.3 Å². The third-order valence-electron chi connectivity index (χ3n) is 3.64. The maximum absolute atomic E-state index is 11.5. The van der Waals surface area contributed by atoms with Crippen LogP contribution in [0.1, 0.15) is 18.9 Å². The largest absolute Gasteiger partial charge is 0.342 e. The number of aromatic amines is 2. The molecule has 1 atom stereocenters. The van der Waals surface area contributed by atoms with Gasteiger partial charge >= 0.3 is 18.7 Å². The van der Waals surface area contributed by atoms with Crippen molar-refractivity contribution in [3.8, 4) is 0 Å². The molecule has 0 aliphatic rings. The molecule has 136 valence electrons. The Morgan fingerprint density at radius 2 is 1.92 bits per heavy atom. The molecule has 1 unspecified atom stereocenters. The second-order valence-electron chi connectivity index (χ2n) is 5.39. The summed E-state index contributed by atoms with van der Waals surface area (Å²) in [6, 6.07) is 2.32. The van der Waals surface area contributed by atoms with Gasteiger partial charge in [-0.1, -0.05) is 6.92 Å². The van der Waals surface area contributed by atoms with Gasteiger partial charge in [0.2, 0.25) is 0 Å². The topological polar surface area (TPSA) is 178 Å². The van der Waals surface area contributed by atoms with Crippen molar-refractivity contribution in [3.63, 3.8) is 0 Å². The lowest BCUT2D eigenvalue weighted by atomic mass is 10.1. The molecule has 0 aliphatic heterocycles. The Morgan fingerprint density at radius 3 is 2.48 bits per heavy atom. The van der Waals surface area contributed by atoms with Gasteiger partial charge in [0.15, 0.2) is 0 Å². The lowest BCUT2D eigenvalue weighted by molar-refractivity contribution is -0.384. The number of hydrogen-bond acceptors (Lipinski definition) is 6. The van der Waals surface area contributed by atoms with Crippen molar-refractivity contribution in [3.05, 3.63) is 48.5 Å². The lowest BCUT2D eigenvalue weighted by Crippen LogP contribution is -2.30. The molecule has 0 spiro atoms. The first-order valence-corrected chi connectivity index (χ1v) is 9.04. The SMILES string of the molecule is CCNC(CCc1cc([N+](=O)[O-])cc2[nH]c(=O)c(=O)[nH]c12)P(=O)(O)O. The number of nitrogens with zero attached hydrogens (tertiary/aromatic N) is 1. The Bertz CT molecular complexity index is 961. The Hall–Kier alpha value is -2.33. The Kier molecular flexibility index (Phi) is 5.53. The van der Waals surface area contributed by atoms with Crippen LogP contribution in [-0.4, -0.2) is 37.0 Å². The highest BCUT2D eigenvalue weighted by Crippen LogP contribution is 2.42. The first kappa shape index (κ1) is 19.0. The molecular weight excluding hydrogens is 355 g/mol. The summed E-state index contributed by atoms with van der Waals surface area (Å²) >= 11 is 0. The first-order valence-electron chi connectivity index (χ1n) is 7.35. The number of aryl methyl sites for hydroxylation is 1. The summed E-state index contributed by atoms with van der Waals surface area (Å²) in [6.45, 7) is 2.02. The van der Waals surface area contributed by atoms with Crippen LogP contribution in [0.25, 0.3) is 11.0 Å². The highest BCUT2D eigenvalue weighted by atomic mass is 31.2. The molecule has 2 aromatic rings. The normalized spacial score (nSPS) is 13.1. The van der Waals surface area contributed by atoms with E-state index in [4.69, 9.17) is 0 Å². The lowest BCUT2D eigenvalue weighted by Gasteiger charge is -2.19. The summed E-state index contributed by atoms with van der Waals surface area (Å²) in [5.41, 5.74) is -1.60. The number of nitro groups is 1. The zero-order valence-corrected chi connectivity index (χ0v) is 14.1. The zero-order valence-electron chi connectivity index (χ0n) is 13.2. The average Bonchev–Trinajstić information content (AvgIpc) is 2.51. The van der Waals surface area contributed by atoms with Gasteiger partial charge in [-0.05, 0) is 24.9 Å². The van der Waals surface area contributed by atoms with Gasteiger partial charge in [-0.3, -0.25) is 24.3 Å². The molecule has 0 radical (unpaired) electrons. The summed E-state index contributed by atoms with van der Waals surface area (Å²) in [7, 11) is -4.41. The molecule has 12 heteroatoms. The second kappa shape index (κ2) is 7.28. The molecule has 2 rings (SSSR count). The van der Waals surface area contributed by atoms with Gasteiger partial charge in [-0.15, -0.1) is 0 Å². The molecule has 0 amide bonds. The van der Waals surface area contributed by atoms with Gasteiger partial charge in [-0.2, -0.15) is 0 Å². The van der Waals surface area contributed by atoms with Crippen molar-refractivity contribution < 1.29 is 19.3 Å². The van der Waals surface area contributed by atoms with Crippen LogP contribution >= 0.6 is 7.60 Å². The quantitative estimate of drug-likeness (QED) is 0.197. The van der Waals surface area contributed by atoms with E-state index >= 15 is 0 Å². The minimum absolute atomic E-state index is 0.0183. The molecule has 0 saturated carbocycles. The van der Waals surface area contributed by atoms with Crippen LogP contribution in [0.15, 0.2) is 21.7 Å². The van der Waals surface area contributed by atoms with Crippen LogP contribution in [0.2, 0.25) is 0 Å². The molecule has 1 aromatic heterocycles. The zero-order chi connectivity index (χ0) is 18.8. The van der Waals surface area contributed by atoms with E-state index in [1.165, 1.54) is 6.07 Å². The van der Waals surface area contributed by atoms with Crippen molar-refractivity contribution >= 4 is 24.3 Å². The van der Waals surface area contributed by atoms with E-state index in [-0.39, 0.29) is 29.6 Å². The maximum atomic E-state index is 11.5. The minimum Gasteiger partial charge on any atom is -0.323 e. The predicted molar refractivity (Wildman–Crippen MR) is 89.7 cm³/mol. The van der Waals surface area contributed by atoms with Gasteiger partial charge in [0.05, 0.1) is 16.0 Å². The number of fused-ring (bicyclic) bond motifs is 1. The fourth-order valence-corrected chi connectivity index (χ4v) is 3.39. The number of benzene rings is 1. The molecule has 0 bridgehead atoms. The second-order valence-corrected chi connectivity index (χ2v) is 7.20. The molecule has 0 saturated heterocycles. The molecular formula is C13H17N4O7P. The number of non-ortho nitro benzene ring substituents is 1. The highest BCUT2D eigenvalue weighted by Gasteiger charge is 2.28. The summed E-state index contributed by atoms with van der Waals surface area (Å²) in [5, 5.41) is 13.7.